The molecule has 1 N–H and O–H groups in total. The number of hydrogen-bond donors (Lipinski definition) is 1. The van der Waals surface area contributed by atoms with E-state index < -0.39 is 0 Å². The van der Waals surface area contributed by atoms with E-state index in [1.54, 1.807) is 0 Å². The van der Waals surface area contributed by atoms with Crippen molar-refractivity contribution < 1.29 is 0 Å². The molecule has 1 aromatic heterocycles. The molecule has 1 fully saturated rings. The van der Waals surface area contributed by atoms with Crippen molar-refractivity contribution in [1.29, 1.82) is 0 Å². The summed E-state index contributed by atoms with van der Waals surface area (Å²) in [6.07, 6.45) is 8.93. The Balaban J connectivity index is 1.74. The third-order valence-corrected chi connectivity index (χ3v) is 3.27. The van der Waals surface area contributed by atoms with Crippen LogP contribution in [0, 0.1) is 5.92 Å². The van der Waals surface area contributed by atoms with Gasteiger partial charge in [0.05, 0.1) is 0 Å². The molecule has 2 heterocycles. The minimum absolute atomic E-state index is 0.724. The van der Waals surface area contributed by atoms with Crippen LogP contribution in [0.15, 0.2) is 24.5 Å². The maximum Gasteiger partial charge on any atom is 0.0299 e. The molecule has 2 heteroatoms. The Morgan fingerprint density at radius 3 is 3.07 bits per heavy atom. The quantitative estimate of drug-likeness (QED) is 0.818. The van der Waals surface area contributed by atoms with Crippen LogP contribution in [0.1, 0.15) is 31.7 Å². The molecule has 82 valence electrons. The van der Waals surface area contributed by atoms with E-state index in [4.69, 9.17) is 0 Å². The number of rotatable bonds is 3. The molecule has 2 atom stereocenters. The highest BCUT2D eigenvalue weighted by Crippen LogP contribution is 2.16. The van der Waals surface area contributed by atoms with Gasteiger partial charge >= 0.3 is 0 Å². The van der Waals surface area contributed by atoms with Crippen LogP contribution in [0.3, 0.4) is 0 Å². The average molecular weight is 204 g/mol. The molecule has 0 bridgehead atoms. The zero-order valence-electron chi connectivity index (χ0n) is 9.45. The summed E-state index contributed by atoms with van der Waals surface area (Å²) in [5.41, 5.74) is 1.36. The summed E-state index contributed by atoms with van der Waals surface area (Å²) in [7, 11) is 0. The van der Waals surface area contributed by atoms with Gasteiger partial charge in [-0.25, -0.2) is 0 Å². The SMILES string of the molecule is CC1CCC(CCc2cccnc2)NC1. The molecular weight excluding hydrogens is 184 g/mol. The van der Waals surface area contributed by atoms with E-state index >= 15 is 0 Å². The molecule has 1 aromatic rings. The number of piperidine rings is 1. The van der Waals surface area contributed by atoms with Crippen LogP contribution in [-0.2, 0) is 6.42 Å². The number of nitrogens with one attached hydrogen (secondary N) is 1. The molecule has 0 aromatic carbocycles. The predicted molar refractivity (Wildman–Crippen MR) is 62.7 cm³/mol. The molecule has 15 heavy (non-hydrogen) atoms. The van der Waals surface area contributed by atoms with Crippen molar-refractivity contribution in [2.75, 3.05) is 6.54 Å². The van der Waals surface area contributed by atoms with Crippen LogP contribution in [0.4, 0.5) is 0 Å². The molecule has 0 spiro atoms. The first-order valence-electron chi connectivity index (χ1n) is 5.97. The van der Waals surface area contributed by atoms with Gasteiger partial charge in [0, 0.05) is 18.4 Å². The predicted octanol–water partition coefficient (Wildman–Crippen LogP) is 2.40. The van der Waals surface area contributed by atoms with Crippen LogP contribution >= 0.6 is 0 Å². The molecule has 0 saturated carbocycles. The number of aromatic nitrogens is 1. The highest BCUT2D eigenvalue weighted by atomic mass is 14.9. The van der Waals surface area contributed by atoms with Crippen molar-refractivity contribution >= 4 is 0 Å². The molecule has 1 saturated heterocycles. The molecule has 2 rings (SSSR count). The third-order valence-electron chi connectivity index (χ3n) is 3.27. The first kappa shape index (κ1) is 10.6. The van der Waals surface area contributed by atoms with Crippen molar-refractivity contribution in [3.8, 4) is 0 Å². The van der Waals surface area contributed by atoms with Gasteiger partial charge in [0.2, 0.25) is 0 Å². The van der Waals surface area contributed by atoms with Gasteiger partial charge < -0.3 is 5.32 Å². The van der Waals surface area contributed by atoms with Crippen molar-refractivity contribution in [1.82, 2.24) is 10.3 Å². The second kappa shape index (κ2) is 5.26. The first-order valence-corrected chi connectivity index (χ1v) is 5.97. The van der Waals surface area contributed by atoms with Gasteiger partial charge in [-0.2, -0.15) is 0 Å². The average Bonchev–Trinajstić information content (AvgIpc) is 2.30. The molecule has 1 aliphatic rings. The van der Waals surface area contributed by atoms with Crippen molar-refractivity contribution in [2.45, 2.75) is 38.6 Å². The Hall–Kier alpha value is -0.890. The summed E-state index contributed by atoms with van der Waals surface area (Å²) in [6.45, 7) is 3.52. The fourth-order valence-corrected chi connectivity index (χ4v) is 2.19. The summed E-state index contributed by atoms with van der Waals surface area (Å²) < 4.78 is 0. The maximum atomic E-state index is 4.14. The molecule has 0 aliphatic carbocycles. The second-order valence-electron chi connectivity index (χ2n) is 4.69. The molecule has 0 radical (unpaired) electrons. The zero-order valence-corrected chi connectivity index (χ0v) is 9.45. The van der Waals surface area contributed by atoms with Gasteiger partial charge in [0.1, 0.15) is 0 Å². The van der Waals surface area contributed by atoms with Crippen LogP contribution in [0.5, 0.6) is 0 Å². The van der Waals surface area contributed by atoms with Gasteiger partial charge in [-0.1, -0.05) is 13.0 Å². The molecule has 2 unspecified atom stereocenters. The number of aryl methyl sites for hydroxylation is 1. The molecular formula is C13H20N2. The van der Waals surface area contributed by atoms with E-state index in [-0.39, 0.29) is 0 Å². The van der Waals surface area contributed by atoms with E-state index in [0.29, 0.717) is 0 Å². The van der Waals surface area contributed by atoms with Gasteiger partial charge in [-0.15, -0.1) is 0 Å². The van der Waals surface area contributed by atoms with E-state index in [9.17, 15) is 0 Å². The van der Waals surface area contributed by atoms with Crippen molar-refractivity contribution in [3.05, 3.63) is 30.1 Å². The topological polar surface area (TPSA) is 24.9 Å². The van der Waals surface area contributed by atoms with Gasteiger partial charge in [-0.3, -0.25) is 4.98 Å². The molecule has 1 aliphatic heterocycles. The minimum Gasteiger partial charge on any atom is -0.314 e. The molecule has 0 amide bonds. The van der Waals surface area contributed by atoms with E-state index in [1.807, 2.05) is 18.5 Å². The Kier molecular flexibility index (Phi) is 3.73. The number of pyridine rings is 1. The highest BCUT2D eigenvalue weighted by Gasteiger charge is 2.16. The Morgan fingerprint density at radius 1 is 1.47 bits per heavy atom. The fraction of sp³-hybridized carbons (Fsp3) is 0.615. The number of hydrogen-bond acceptors (Lipinski definition) is 2. The number of nitrogens with zero attached hydrogens (tertiary/aromatic N) is 1. The van der Waals surface area contributed by atoms with E-state index in [2.05, 4.69) is 23.3 Å². The Bertz CT molecular complexity index is 276. The summed E-state index contributed by atoms with van der Waals surface area (Å²) in [4.78, 5) is 4.14. The normalized spacial score (nSPS) is 26.5. The minimum atomic E-state index is 0.724. The summed E-state index contributed by atoms with van der Waals surface area (Å²) >= 11 is 0. The lowest BCUT2D eigenvalue weighted by Crippen LogP contribution is -2.38. The second-order valence-corrected chi connectivity index (χ2v) is 4.69. The monoisotopic (exact) mass is 204 g/mol. The third kappa shape index (κ3) is 3.31. The largest absolute Gasteiger partial charge is 0.314 e. The van der Waals surface area contributed by atoms with Crippen LogP contribution < -0.4 is 5.32 Å². The zero-order chi connectivity index (χ0) is 10.5. The highest BCUT2D eigenvalue weighted by molar-refractivity contribution is 5.08. The van der Waals surface area contributed by atoms with Gasteiger partial charge in [-0.05, 0) is 49.8 Å². The fourth-order valence-electron chi connectivity index (χ4n) is 2.19. The van der Waals surface area contributed by atoms with Crippen LogP contribution in [0.25, 0.3) is 0 Å². The Labute approximate surface area is 92.1 Å². The maximum absolute atomic E-state index is 4.14. The summed E-state index contributed by atoms with van der Waals surface area (Å²) in [6, 6.07) is 4.91. The van der Waals surface area contributed by atoms with E-state index in [0.717, 1.165) is 18.4 Å². The van der Waals surface area contributed by atoms with Crippen LogP contribution in [0.2, 0.25) is 0 Å². The first-order chi connectivity index (χ1) is 7.34. The molecule has 2 nitrogen and oxygen atoms in total. The van der Waals surface area contributed by atoms with Crippen molar-refractivity contribution in [3.63, 3.8) is 0 Å². The van der Waals surface area contributed by atoms with Crippen LogP contribution in [-0.4, -0.2) is 17.6 Å². The standard InChI is InChI=1S/C13H20N2/c1-11-4-6-13(15-9-11)7-5-12-3-2-8-14-10-12/h2-3,8,10-11,13,15H,4-7,9H2,1H3. The van der Waals surface area contributed by atoms with Gasteiger partial charge in [0.15, 0.2) is 0 Å². The lowest BCUT2D eigenvalue weighted by Gasteiger charge is -2.27. The summed E-state index contributed by atoms with van der Waals surface area (Å²) in [5, 5.41) is 3.62. The van der Waals surface area contributed by atoms with Gasteiger partial charge in [0.25, 0.3) is 0 Å². The summed E-state index contributed by atoms with van der Waals surface area (Å²) in [5.74, 6) is 0.861. The lowest BCUT2D eigenvalue weighted by molar-refractivity contribution is 0.316. The lowest BCUT2D eigenvalue weighted by atomic mass is 9.93. The Morgan fingerprint density at radius 2 is 2.40 bits per heavy atom. The van der Waals surface area contributed by atoms with Crippen molar-refractivity contribution in [2.24, 2.45) is 5.92 Å². The van der Waals surface area contributed by atoms with E-state index in [1.165, 1.54) is 31.4 Å². The smallest absolute Gasteiger partial charge is 0.0299 e.